The monoisotopic (exact) mass is 452 g/mol. The van der Waals surface area contributed by atoms with E-state index < -0.39 is 5.97 Å². The minimum absolute atomic E-state index is 0.305. The number of aryl methyl sites for hydroxylation is 1. The Morgan fingerprint density at radius 2 is 1.97 bits per heavy atom. The molecule has 0 bridgehead atoms. The maximum absolute atomic E-state index is 11.9. The van der Waals surface area contributed by atoms with Gasteiger partial charge in [-0.15, -0.1) is 0 Å². The highest BCUT2D eigenvalue weighted by atomic mass is 35.5. The predicted molar refractivity (Wildman–Crippen MR) is 128 cm³/mol. The Morgan fingerprint density at radius 3 is 2.66 bits per heavy atom. The van der Waals surface area contributed by atoms with Gasteiger partial charge in [0, 0.05) is 17.0 Å². The summed E-state index contributed by atoms with van der Waals surface area (Å²) in [6, 6.07) is 15.3. The Labute approximate surface area is 194 Å². The van der Waals surface area contributed by atoms with Crippen molar-refractivity contribution in [2.75, 3.05) is 6.61 Å². The van der Waals surface area contributed by atoms with Gasteiger partial charge in [0.2, 0.25) is 0 Å². The average Bonchev–Trinajstić information content (AvgIpc) is 3.12. The summed E-state index contributed by atoms with van der Waals surface area (Å²) >= 11 is 6.53. The molecule has 5 nitrogen and oxygen atoms in total. The second kappa shape index (κ2) is 11.5. The first-order valence-electron chi connectivity index (χ1n) is 10.9. The van der Waals surface area contributed by atoms with Gasteiger partial charge in [0.1, 0.15) is 11.6 Å². The number of imidazole rings is 1. The molecule has 0 aliphatic heterocycles. The van der Waals surface area contributed by atoms with Gasteiger partial charge in [0.15, 0.2) is 0 Å². The number of halogens is 1. The van der Waals surface area contributed by atoms with Crippen LogP contribution in [0.4, 0.5) is 0 Å². The summed E-state index contributed by atoms with van der Waals surface area (Å²) < 4.78 is 7.75. The van der Waals surface area contributed by atoms with Gasteiger partial charge >= 0.3 is 5.97 Å². The Hall–Kier alpha value is -3.05. The van der Waals surface area contributed by atoms with Crippen LogP contribution in [0, 0.1) is 6.92 Å². The van der Waals surface area contributed by atoms with Crippen molar-refractivity contribution < 1.29 is 14.6 Å². The van der Waals surface area contributed by atoms with E-state index in [0.717, 1.165) is 47.7 Å². The maximum atomic E-state index is 11.9. The van der Waals surface area contributed by atoms with Crippen LogP contribution in [0.2, 0.25) is 5.02 Å². The molecule has 0 unspecified atom stereocenters. The fourth-order valence-electron chi connectivity index (χ4n) is 3.45. The van der Waals surface area contributed by atoms with Crippen LogP contribution in [0.15, 0.2) is 60.3 Å². The Kier molecular flexibility index (Phi) is 8.51. The zero-order valence-corrected chi connectivity index (χ0v) is 19.3. The highest BCUT2D eigenvalue weighted by molar-refractivity contribution is 6.31. The van der Waals surface area contributed by atoms with Crippen LogP contribution in [0.5, 0.6) is 5.75 Å². The Morgan fingerprint density at radius 1 is 1.19 bits per heavy atom. The number of carboxylic acid groups (broad SMARTS) is 1. The number of ether oxygens (including phenoxy) is 1. The van der Waals surface area contributed by atoms with Crippen molar-refractivity contribution in [2.45, 2.75) is 46.1 Å². The zero-order chi connectivity index (χ0) is 22.9. The molecule has 0 saturated carbocycles. The standard InChI is InChI=1S/C26H29ClN2O3/c1-3-4-8-13-32-24-12-11-21(25(27)16-24)18-29-19(2)28-17-23(29)15-22(26(30)31)14-20-9-6-5-7-10-20/h5-7,9-12,15-17H,3-4,8,13-14,18H2,1-2H3,(H,30,31). The van der Waals surface area contributed by atoms with Gasteiger partial charge in [-0.3, -0.25) is 0 Å². The lowest BCUT2D eigenvalue weighted by Gasteiger charge is -2.13. The minimum Gasteiger partial charge on any atom is -0.494 e. The fourth-order valence-corrected chi connectivity index (χ4v) is 3.68. The van der Waals surface area contributed by atoms with E-state index in [9.17, 15) is 9.90 Å². The first kappa shape index (κ1) is 23.6. The summed E-state index contributed by atoms with van der Waals surface area (Å²) in [5.41, 5.74) is 2.90. The van der Waals surface area contributed by atoms with Crippen LogP contribution >= 0.6 is 11.6 Å². The molecule has 0 atom stereocenters. The summed E-state index contributed by atoms with van der Waals surface area (Å²) in [4.78, 5) is 16.3. The molecule has 1 aromatic heterocycles. The summed E-state index contributed by atoms with van der Waals surface area (Å²) in [6.07, 6.45) is 7.04. The van der Waals surface area contributed by atoms with Gasteiger partial charge in [0.05, 0.1) is 25.0 Å². The SMILES string of the molecule is CCCCCOc1ccc(Cn2c(C=C(Cc3ccccc3)C(=O)O)cnc2C)c(Cl)c1. The van der Waals surface area contributed by atoms with E-state index in [1.54, 1.807) is 12.3 Å². The molecule has 32 heavy (non-hydrogen) atoms. The third kappa shape index (κ3) is 6.47. The summed E-state index contributed by atoms with van der Waals surface area (Å²) in [7, 11) is 0. The number of aromatic nitrogens is 2. The lowest BCUT2D eigenvalue weighted by Crippen LogP contribution is -2.08. The molecular formula is C26H29ClN2O3. The van der Waals surface area contributed by atoms with Crippen molar-refractivity contribution in [3.63, 3.8) is 0 Å². The van der Waals surface area contributed by atoms with Crippen LogP contribution in [0.3, 0.4) is 0 Å². The van der Waals surface area contributed by atoms with Crippen LogP contribution < -0.4 is 4.74 Å². The lowest BCUT2D eigenvalue weighted by molar-refractivity contribution is -0.132. The van der Waals surface area contributed by atoms with Crippen LogP contribution in [-0.4, -0.2) is 27.2 Å². The molecule has 0 spiro atoms. The Balaban J connectivity index is 1.79. The number of hydrogen-bond acceptors (Lipinski definition) is 3. The maximum Gasteiger partial charge on any atom is 0.331 e. The van der Waals surface area contributed by atoms with Crippen molar-refractivity contribution in [1.29, 1.82) is 0 Å². The molecule has 0 radical (unpaired) electrons. The second-order valence-corrected chi connectivity index (χ2v) is 8.17. The molecule has 0 amide bonds. The van der Waals surface area contributed by atoms with Crippen molar-refractivity contribution in [3.8, 4) is 5.75 Å². The molecule has 0 fully saturated rings. The highest BCUT2D eigenvalue weighted by Crippen LogP contribution is 2.25. The van der Waals surface area contributed by atoms with Crippen molar-refractivity contribution in [1.82, 2.24) is 9.55 Å². The quantitative estimate of drug-likeness (QED) is 0.279. The number of nitrogens with zero attached hydrogens (tertiary/aromatic N) is 2. The molecular weight excluding hydrogens is 424 g/mol. The number of rotatable bonds is 11. The molecule has 1 heterocycles. The van der Waals surface area contributed by atoms with Crippen molar-refractivity contribution >= 4 is 23.6 Å². The number of aliphatic carboxylic acids is 1. The normalized spacial score (nSPS) is 11.5. The van der Waals surface area contributed by atoms with Crippen LogP contribution in [-0.2, 0) is 17.8 Å². The van der Waals surface area contributed by atoms with Crippen molar-refractivity contribution in [2.24, 2.45) is 0 Å². The molecule has 3 rings (SSSR count). The van der Waals surface area contributed by atoms with E-state index in [4.69, 9.17) is 16.3 Å². The van der Waals surface area contributed by atoms with E-state index in [2.05, 4.69) is 11.9 Å². The van der Waals surface area contributed by atoms with E-state index in [1.807, 2.05) is 60.0 Å². The molecule has 6 heteroatoms. The molecule has 168 valence electrons. The van der Waals surface area contributed by atoms with Gasteiger partial charge in [-0.25, -0.2) is 9.78 Å². The smallest absolute Gasteiger partial charge is 0.331 e. The van der Waals surface area contributed by atoms with E-state index in [1.165, 1.54) is 0 Å². The number of benzene rings is 2. The number of hydrogen-bond donors (Lipinski definition) is 1. The zero-order valence-electron chi connectivity index (χ0n) is 18.6. The van der Waals surface area contributed by atoms with Gasteiger partial charge in [-0.05, 0) is 42.7 Å². The van der Waals surface area contributed by atoms with Gasteiger partial charge in [-0.1, -0.05) is 67.8 Å². The lowest BCUT2D eigenvalue weighted by atomic mass is 10.0. The first-order chi connectivity index (χ1) is 15.5. The fraction of sp³-hybridized carbons (Fsp3) is 0.308. The molecule has 0 aliphatic carbocycles. The van der Waals surface area contributed by atoms with Crippen molar-refractivity contribution in [3.05, 3.63) is 88.0 Å². The topological polar surface area (TPSA) is 64.3 Å². The van der Waals surface area contributed by atoms with E-state index in [0.29, 0.717) is 30.2 Å². The third-order valence-corrected chi connectivity index (χ3v) is 5.64. The molecule has 3 aromatic rings. The number of carboxylic acids is 1. The summed E-state index contributed by atoms with van der Waals surface area (Å²) in [5, 5.41) is 10.3. The minimum atomic E-state index is -0.943. The van der Waals surface area contributed by atoms with Gasteiger partial charge in [0.25, 0.3) is 0 Å². The number of carbonyl (C=O) groups is 1. The third-order valence-electron chi connectivity index (χ3n) is 5.29. The Bertz CT molecular complexity index is 1070. The van der Waals surface area contributed by atoms with Crippen LogP contribution in [0.25, 0.3) is 6.08 Å². The molecule has 0 aliphatic rings. The second-order valence-electron chi connectivity index (χ2n) is 7.76. The van der Waals surface area contributed by atoms with Crippen LogP contribution in [0.1, 0.15) is 48.8 Å². The first-order valence-corrected chi connectivity index (χ1v) is 11.3. The summed E-state index contributed by atoms with van der Waals surface area (Å²) in [6.45, 7) is 5.23. The average molecular weight is 453 g/mol. The predicted octanol–water partition coefficient (Wildman–Crippen LogP) is 6.17. The van der Waals surface area contributed by atoms with Gasteiger partial charge in [-0.2, -0.15) is 0 Å². The van der Waals surface area contributed by atoms with E-state index in [-0.39, 0.29) is 0 Å². The highest BCUT2D eigenvalue weighted by Gasteiger charge is 2.13. The molecule has 0 saturated heterocycles. The number of unbranched alkanes of at least 4 members (excludes halogenated alkanes) is 2. The van der Waals surface area contributed by atoms with Gasteiger partial charge < -0.3 is 14.4 Å². The summed E-state index contributed by atoms with van der Waals surface area (Å²) in [5.74, 6) is 0.604. The molecule has 2 aromatic carbocycles. The largest absolute Gasteiger partial charge is 0.494 e. The molecule has 1 N–H and O–H groups in total. The van der Waals surface area contributed by atoms with E-state index >= 15 is 0 Å².